The van der Waals surface area contributed by atoms with Gasteiger partial charge in [-0.2, -0.15) is 0 Å². The Bertz CT molecular complexity index is 318. The molecular weight excluding hydrogens is 200 g/mol. The number of nitrogens with one attached hydrogen (secondary N) is 1. The van der Waals surface area contributed by atoms with E-state index in [-0.39, 0.29) is 5.54 Å². The molecule has 0 saturated carbocycles. The van der Waals surface area contributed by atoms with Crippen LogP contribution >= 0.6 is 0 Å². The van der Waals surface area contributed by atoms with Crippen LogP contribution in [0.3, 0.4) is 0 Å². The lowest BCUT2D eigenvalue weighted by Crippen LogP contribution is -2.35. The molecule has 0 atom stereocenters. The number of hydrogen-bond donors (Lipinski definition) is 2. The van der Waals surface area contributed by atoms with E-state index >= 15 is 0 Å². The smallest absolute Gasteiger partial charge is 0.119 e. The second-order valence-electron chi connectivity index (χ2n) is 4.77. The van der Waals surface area contributed by atoms with Crippen molar-refractivity contribution in [3.8, 4) is 5.75 Å². The van der Waals surface area contributed by atoms with Gasteiger partial charge in [0, 0.05) is 12.1 Å². The molecule has 0 spiro atoms. The highest BCUT2D eigenvalue weighted by Gasteiger charge is 2.08. The molecule has 0 aliphatic carbocycles. The number of ether oxygens (including phenoxy) is 1. The first kappa shape index (κ1) is 13.0. The van der Waals surface area contributed by atoms with Gasteiger partial charge in [0.05, 0.1) is 7.11 Å². The first-order valence-electron chi connectivity index (χ1n) is 5.64. The van der Waals surface area contributed by atoms with Crippen molar-refractivity contribution in [2.24, 2.45) is 5.73 Å². The van der Waals surface area contributed by atoms with Crippen LogP contribution in [0.15, 0.2) is 24.3 Å². The fourth-order valence-electron chi connectivity index (χ4n) is 1.43. The fourth-order valence-corrected chi connectivity index (χ4v) is 1.43. The lowest BCUT2D eigenvalue weighted by molar-refractivity contribution is 0.413. The Morgan fingerprint density at radius 2 is 2.12 bits per heavy atom. The predicted octanol–water partition coefficient (Wildman–Crippen LogP) is 1.91. The predicted molar refractivity (Wildman–Crippen MR) is 67.6 cm³/mol. The van der Waals surface area contributed by atoms with E-state index in [1.54, 1.807) is 7.11 Å². The third-order valence-electron chi connectivity index (χ3n) is 2.41. The molecule has 16 heavy (non-hydrogen) atoms. The van der Waals surface area contributed by atoms with Gasteiger partial charge in [-0.05, 0) is 44.5 Å². The molecule has 0 aliphatic heterocycles. The van der Waals surface area contributed by atoms with Crippen molar-refractivity contribution in [2.45, 2.75) is 32.4 Å². The van der Waals surface area contributed by atoms with Gasteiger partial charge in [-0.25, -0.2) is 0 Å². The summed E-state index contributed by atoms with van der Waals surface area (Å²) in [6, 6.07) is 8.08. The Balaban J connectivity index is 2.32. The average molecular weight is 222 g/mol. The molecule has 0 aliphatic rings. The third kappa shape index (κ3) is 5.14. The SMILES string of the molecule is COc1cccc(CNCCC(C)(C)N)c1. The van der Waals surface area contributed by atoms with E-state index in [4.69, 9.17) is 10.5 Å². The third-order valence-corrected chi connectivity index (χ3v) is 2.41. The van der Waals surface area contributed by atoms with E-state index in [1.807, 2.05) is 32.0 Å². The Labute approximate surface area is 98.0 Å². The number of nitrogens with two attached hydrogens (primary N) is 1. The van der Waals surface area contributed by atoms with Crippen molar-refractivity contribution in [3.05, 3.63) is 29.8 Å². The molecule has 0 aromatic heterocycles. The summed E-state index contributed by atoms with van der Waals surface area (Å²) < 4.78 is 5.17. The highest BCUT2D eigenvalue weighted by atomic mass is 16.5. The first-order valence-corrected chi connectivity index (χ1v) is 5.64. The lowest BCUT2D eigenvalue weighted by atomic mass is 10.0. The summed E-state index contributed by atoms with van der Waals surface area (Å²) in [6.07, 6.45) is 0.969. The minimum Gasteiger partial charge on any atom is -0.497 e. The molecule has 0 saturated heterocycles. The Hall–Kier alpha value is -1.06. The maximum Gasteiger partial charge on any atom is 0.119 e. The van der Waals surface area contributed by atoms with E-state index < -0.39 is 0 Å². The Kier molecular flexibility index (Phi) is 4.77. The van der Waals surface area contributed by atoms with Crippen LogP contribution in [0.4, 0.5) is 0 Å². The molecule has 0 amide bonds. The minimum atomic E-state index is -0.0959. The monoisotopic (exact) mass is 222 g/mol. The summed E-state index contributed by atoms with van der Waals surface area (Å²) >= 11 is 0. The largest absolute Gasteiger partial charge is 0.497 e. The Morgan fingerprint density at radius 1 is 1.38 bits per heavy atom. The van der Waals surface area contributed by atoms with E-state index in [1.165, 1.54) is 5.56 Å². The molecule has 1 aromatic rings. The summed E-state index contributed by atoms with van der Waals surface area (Å²) in [6.45, 7) is 5.87. The average Bonchev–Trinajstić information content (AvgIpc) is 2.23. The van der Waals surface area contributed by atoms with Crippen LogP contribution in [0, 0.1) is 0 Å². The zero-order valence-electron chi connectivity index (χ0n) is 10.4. The molecule has 1 rings (SSSR count). The molecule has 0 heterocycles. The van der Waals surface area contributed by atoms with Crippen LogP contribution < -0.4 is 15.8 Å². The number of benzene rings is 1. The fraction of sp³-hybridized carbons (Fsp3) is 0.538. The van der Waals surface area contributed by atoms with Crippen LogP contribution in [-0.4, -0.2) is 19.2 Å². The normalized spacial score (nSPS) is 11.5. The number of methoxy groups -OCH3 is 1. The second-order valence-corrected chi connectivity index (χ2v) is 4.77. The van der Waals surface area contributed by atoms with Gasteiger partial charge in [0.1, 0.15) is 5.75 Å². The molecular formula is C13H22N2O. The van der Waals surface area contributed by atoms with Gasteiger partial charge >= 0.3 is 0 Å². The summed E-state index contributed by atoms with van der Waals surface area (Å²) in [7, 11) is 1.68. The molecule has 0 radical (unpaired) electrons. The van der Waals surface area contributed by atoms with E-state index in [9.17, 15) is 0 Å². The number of rotatable bonds is 6. The van der Waals surface area contributed by atoms with Gasteiger partial charge < -0.3 is 15.8 Å². The van der Waals surface area contributed by atoms with Gasteiger partial charge in [-0.3, -0.25) is 0 Å². The molecule has 0 fully saturated rings. The zero-order valence-corrected chi connectivity index (χ0v) is 10.4. The van der Waals surface area contributed by atoms with E-state index in [2.05, 4.69) is 11.4 Å². The van der Waals surface area contributed by atoms with Gasteiger partial charge in [-0.1, -0.05) is 12.1 Å². The molecule has 0 unspecified atom stereocenters. The highest BCUT2D eigenvalue weighted by molar-refractivity contribution is 5.28. The summed E-state index contributed by atoms with van der Waals surface area (Å²) in [5.74, 6) is 0.901. The van der Waals surface area contributed by atoms with Gasteiger partial charge in [0.15, 0.2) is 0 Å². The van der Waals surface area contributed by atoms with Gasteiger partial charge in [-0.15, -0.1) is 0 Å². The van der Waals surface area contributed by atoms with Gasteiger partial charge in [0.2, 0.25) is 0 Å². The molecule has 1 aromatic carbocycles. The molecule has 3 heteroatoms. The van der Waals surface area contributed by atoms with Crippen molar-refractivity contribution >= 4 is 0 Å². The maximum absolute atomic E-state index is 5.90. The summed E-state index contributed by atoms with van der Waals surface area (Å²) in [5.41, 5.74) is 7.04. The van der Waals surface area contributed by atoms with Crippen molar-refractivity contribution < 1.29 is 4.74 Å². The van der Waals surface area contributed by atoms with Crippen LogP contribution in [0.1, 0.15) is 25.8 Å². The Morgan fingerprint density at radius 3 is 2.75 bits per heavy atom. The van der Waals surface area contributed by atoms with Crippen molar-refractivity contribution in [3.63, 3.8) is 0 Å². The van der Waals surface area contributed by atoms with E-state index in [0.29, 0.717) is 0 Å². The summed E-state index contributed by atoms with van der Waals surface area (Å²) in [5, 5.41) is 3.37. The van der Waals surface area contributed by atoms with E-state index in [0.717, 1.165) is 25.3 Å². The van der Waals surface area contributed by atoms with Crippen LogP contribution in [0.25, 0.3) is 0 Å². The van der Waals surface area contributed by atoms with Crippen molar-refractivity contribution in [1.29, 1.82) is 0 Å². The van der Waals surface area contributed by atoms with Crippen LogP contribution in [0.5, 0.6) is 5.75 Å². The standard InChI is InChI=1S/C13H22N2O/c1-13(2,14)7-8-15-10-11-5-4-6-12(9-11)16-3/h4-6,9,15H,7-8,10,14H2,1-3H3. The quantitative estimate of drug-likeness (QED) is 0.723. The molecule has 3 nitrogen and oxygen atoms in total. The second kappa shape index (κ2) is 5.87. The number of hydrogen-bond acceptors (Lipinski definition) is 3. The summed E-state index contributed by atoms with van der Waals surface area (Å²) in [4.78, 5) is 0. The zero-order chi connectivity index (χ0) is 12.0. The van der Waals surface area contributed by atoms with Gasteiger partial charge in [0.25, 0.3) is 0 Å². The topological polar surface area (TPSA) is 47.3 Å². The highest BCUT2D eigenvalue weighted by Crippen LogP contribution is 2.12. The molecule has 3 N–H and O–H groups in total. The maximum atomic E-state index is 5.90. The van der Waals surface area contributed by atoms with Crippen LogP contribution in [-0.2, 0) is 6.54 Å². The van der Waals surface area contributed by atoms with Crippen molar-refractivity contribution in [1.82, 2.24) is 5.32 Å². The molecule has 0 bridgehead atoms. The lowest BCUT2D eigenvalue weighted by Gasteiger charge is -2.18. The van der Waals surface area contributed by atoms with Crippen molar-refractivity contribution in [2.75, 3.05) is 13.7 Å². The van der Waals surface area contributed by atoms with Crippen LogP contribution in [0.2, 0.25) is 0 Å². The first-order chi connectivity index (χ1) is 7.51. The minimum absolute atomic E-state index is 0.0959. The molecule has 90 valence electrons.